The number of aliphatic imine (C=N–C) groups is 1. The molecule has 5 nitrogen and oxygen atoms in total. The summed E-state index contributed by atoms with van der Waals surface area (Å²) in [4.78, 5) is 19.6. The van der Waals surface area contributed by atoms with E-state index in [1.54, 1.807) is 37.4 Å². The minimum absolute atomic E-state index is 0.271. The SMILES string of the molecule is CN1C(=O)C(NC(=S)NCc2cccc(Cl)c2)N=C(c2ccccc2Cl)c2cc(Cl)ccc21. The summed E-state index contributed by atoms with van der Waals surface area (Å²) in [5, 5.41) is 8.09. The minimum atomic E-state index is -0.966. The van der Waals surface area contributed by atoms with Crippen molar-refractivity contribution in [2.45, 2.75) is 12.7 Å². The van der Waals surface area contributed by atoms with Crippen molar-refractivity contribution in [3.05, 3.63) is 98.5 Å². The van der Waals surface area contributed by atoms with Crippen LogP contribution in [0.25, 0.3) is 0 Å². The van der Waals surface area contributed by atoms with Gasteiger partial charge in [-0.05, 0) is 54.2 Å². The second-order valence-corrected chi connectivity index (χ2v) is 9.06. The smallest absolute Gasteiger partial charge is 0.272 e. The number of likely N-dealkylation sites (N-methyl/N-ethyl adjacent to an activating group) is 1. The molecular formula is C24H19Cl3N4OS. The molecule has 0 spiro atoms. The van der Waals surface area contributed by atoms with Gasteiger partial charge in [0.05, 0.1) is 11.4 Å². The van der Waals surface area contributed by atoms with Gasteiger partial charge in [0.15, 0.2) is 5.11 Å². The molecule has 0 aliphatic carbocycles. The fourth-order valence-corrected chi connectivity index (χ4v) is 4.31. The monoisotopic (exact) mass is 516 g/mol. The molecule has 0 saturated carbocycles. The quantitative estimate of drug-likeness (QED) is 0.452. The maximum atomic E-state index is 13.3. The van der Waals surface area contributed by atoms with Crippen LogP contribution in [0.5, 0.6) is 0 Å². The van der Waals surface area contributed by atoms with Crippen LogP contribution in [0.15, 0.2) is 71.7 Å². The molecule has 1 heterocycles. The molecule has 1 atom stereocenters. The first-order valence-electron chi connectivity index (χ1n) is 10.0. The highest BCUT2D eigenvalue weighted by molar-refractivity contribution is 7.80. The Hall–Kier alpha value is -2.64. The van der Waals surface area contributed by atoms with Crippen LogP contribution in [0.4, 0.5) is 5.69 Å². The number of halogens is 3. The molecule has 1 aliphatic heterocycles. The summed E-state index contributed by atoms with van der Waals surface area (Å²) in [5.74, 6) is -0.271. The van der Waals surface area contributed by atoms with Crippen LogP contribution in [0.2, 0.25) is 15.1 Å². The molecule has 0 bridgehead atoms. The standard InChI is InChI=1S/C24H19Cl3N4OS/c1-31-20-10-9-16(26)12-18(20)21(17-7-2-3-8-19(17)27)29-22(23(31)32)30-24(33)28-13-14-5-4-6-15(25)11-14/h2-12,22H,13H2,1H3,(H2,28,30,33). The summed E-state index contributed by atoms with van der Waals surface area (Å²) < 4.78 is 0. The number of thiocarbonyl (C=S) groups is 1. The highest BCUT2D eigenvalue weighted by atomic mass is 35.5. The van der Waals surface area contributed by atoms with Gasteiger partial charge in [0, 0.05) is 39.8 Å². The number of benzodiazepines with no additional fused rings is 1. The van der Waals surface area contributed by atoms with Crippen molar-refractivity contribution >= 4 is 69.4 Å². The summed E-state index contributed by atoms with van der Waals surface area (Å²) in [5.41, 5.74) is 3.57. The third-order valence-corrected chi connectivity index (χ3v) is 6.20. The normalized spacial score (nSPS) is 15.4. The zero-order valence-corrected chi connectivity index (χ0v) is 20.6. The summed E-state index contributed by atoms with van der Waals surface area (Å²) in [6, 6.07) is 20.1. The highest BCUT2D eigenvalue weighted by Gasteiger charge is 2.31. The van der Waals surface area contributed by atoms with Gasteiger partial charge in [-0.2, -0.15) is 0 Å². The number of hydrogen-bond acceptors (Lipinski definition) is 3. The maximum Gasteiger partial charge on any atom is 0.272 e. The zero-order valence-electron chi connectivity index (χ0n) is 17.5. The Morgan fingerprint density at radius 3 is 2.52 bits per heavy atom. The summed E-state index contributed by atoms with van der Waals surface area (Å²) in [6.45, 7) is 0.445. The number of hydrogen-bond donors (Lipinski definition) is 2. The second kappa shape index (κ2) is 10.1. The van der Waals surface area contributed by atoms with Crippen LogP contribution in [-0.2, 0) is 11.3 Å². The predicted molar refractivity (Wildman–Crippen MR) is 140 cm³/mol. The van der Waals surface area contributed by atoms with Gasteiger partial charge in [-0.3, -0.25) is 4.79 Å². The van der Waals surface area contributed by atoms with E-state index in [1.165, 1.54) is 4.90 Å². The minimum Gasteiger partial charge on any atom is -0.359 e. The van der Waals surface area contributed by atoms with Gasteiger partial charge in [-0.1, -0.05) is 65.1 Å². The van der Waals surface area contributed by atoms with Crippen LogP contribution >= 0.6 is 47.0 Å². The summed E-state index contributed by atoms with van der Waals surface area (Å²) in [7, 11) is 1.69. The van der Waals surface area contributed by atoms with Crippen LogP contribution < -0.4 is 15.5 Å². The molecule has 1 unspecified atom stereocenters. The van der Waals surface area contributed by atoms with Crippen molar-refractivity contribution in [2.24, 2.45) is 4.99 Å². The van der Waals surface area contributed by atoms with E-state index in [-0.39, 0.29) is 11.0 Å². The molecule has 0 radical (unpaired) electrons. The van der Waals surface area contributed by atoms with E-state index in [1.807, 2.05) is 36.4 Å². The van der Waals surface area contributed by atoms with Gasteiger partial charge in [0.25, 0.3) is 5.91 Å². The Balaban J connectivity index is 1.67. The molecule has 1 aliphatic rings. The van der Waals surface area contributed by atoms with E-state index in [0.717, 1.165) is 5.56 Å². The molecule has 3 aromatic carbocycles. The number of nitrogens with one attached hydrogen (secondary N) is 2. The maximum absolute atomic E-state index is 13.3. The third-order valence-electron chi connectivity index (χ3n) is 5.14. The van der Waals surface area contributed by atoms with Crippen molar-refractivity contribution in [2.75, 3.05) is 11.9 Å². The van der Waals surface area contributed by atoms with Gasteiger partial charge >= 0.3 is 0 Å². The number of nitrogens with zero attached hydrogens (tertiary/aromatic N) is 2. The molecule has 9 heteroatoms. The fraction of sp³-hybridized carbons (Fsp3) is 0.125. The first-order chi connectivity index (χ1) is 15.8. The lowest BCUT2D eigenvalue weighted by atomic mass is 10.00. The number of benzene rings is 3. The van der Waals surface area contributed by atoms with E-state index < -0.39 is 6.17 Å². The van der Waals surface area contributed by atoms with Crippen LogP contribution in [-0.4, -0.2) is 29.9 Å². The summed E-state index contributed by atoms with van der Waals surface area (Å²) >= 11 is 24.3. The van der Waals surface area contributed by atoms with Gasteiger partial charge in [0.1, 0.15) is 0 Å². The zero-order chi connectivity index (χ0) is 23.5. The molecule has 3 aromatic rings. The lowest BCUT2D eigenvalue weighted by Gasteiger charge is -2.22. The topological polar surface area (TPSA) is 56.7 Å². The van der Waals surface area contributed by atoms with Crippen molar-refractivity contribution in [1.29, 1.82) is 0 Å². The van der Waals surface area contributed by atoms with Crippen molar-refractivity contribution in [3.63, 3.8) is 0 Å². The Morgan fingerprint density at radius 1 is 1.00 bits per heavy atom. The predicted octanol–water partition coefficient (Wildman–Crippen LogP) is 5.45. The molecule has 0 saturated heterocycles. The van der Waals surface area contributed by atoms with Gasteiger partial charge < -0.3 is 15.5 Å². The Kier molecular flexibility index (Phi) is 7.20. The molecule has 0 fully saturated rings. The molecule has 168 valence electrons. The first-order valence-corrected chi connectivity index (χ1v) is 11.6. The highest BCUT2D eigenvalue weighted by Crippen LogP contribution is 2.31. The number of fused-ring (bicyclic) bond motifs is 1. The summed E-state index contributed by atoms with van der Waals surface area (Å²) in [6.07, 6.45) is -0.966. The average molecular weight is 518 g/mol. The Morgan fingerprint density at radius 2 is 1.76 bits per heavy atom. The Labute approximate surface area is 212 Å². The van der Waals surface area contributed by atoms with Gasteiger partial charge in [-0.25, -0.2) is 4.99 Å². The second-order valence-electron chi connectivity index (χ2n) is 7.38. The van der Waals surface area contributed by atoms with E-state index in [4.69, 9.17) is 52.0 Å². The van der Waals surface area contributed by atoms with E-state index >= 15 is 0 Å². The Bertz CT molecular complexity index is 1260. The average Bonchev–Trinajstić information content (AvgIpc) is 2.88. The molecule has 0 aromatic heterocycles. The largest absolute Gasteiger partial charge is 0.359 e. The number of amides is 1. The van der Waals surface area contributed by atoms with Crippen molar-refractivity contribution in [1.82, 2.24) is 10.6 Å². The molecule has 1 amide bonds. The van der Waals surface area contributed by atoms with Crippen molar-refractivity contribution < 1.29 is 4.79 Å². The van der Waals surface area contributed by atoms with Crippen LogP contribution in [0, 0.1) is 0 Å². The number of carbonyl (C=O) groups excluding carboxylic acids is 1. The van der Waals surface area contributed by atoms with Crippen LogP contribution in [0.3, 0.4) is 0 Å². The van der Waals surface area contributed by atoms with Crippen LogP contribution in [0.1, 0.15) is 16.7 Å². The van der Waals surface area contributed by atoms with E-state index in [2.05, 4.69) is 10.6 Å². The van der Waals surface area contributed by atoms with Gasteiger partial charge in [-0.15, -0.1) is 0 Å². The third kappa shape index (κ3) is 5.31. The molecular weight excluding hydrogens is 499 g/mol. The number of anilines is 1. The lowest BCUT2D eigenvalue weighted by molar-refractivity contribution is -0.119. The lowest BCUT2D eigenvalue weighted by Crippen LogP contribution is -2.49. The van der Waals surface area contributed by atoms with Crippen molar-refractivity contribution in [3.8, 4) is 0 Å². The van der Waals surface area contributed by atoms with Gasteiger partial charge in [0.2, 0.25) is 6.17 Å². The van der Waals surface area contributed by atoms with E-state index in [0.29, 0.717) is 44.1 Å². The fourth-order valence-electron chi connectivity index (χ4n) is 3.51. The van der Waals surface area contributed by atoms with E-state index in [9.17, 15) is 4.79 Å². The molecule has 33 heavy (non-hydrogen) atoms. The molecule has 2 N–H and O–H groups in total. The molecule has 4 rings (SSSR count). The number of carbonyl (C=O) groups is 1. The number of rotatable bonds is 4. The first kappa shape index (κ1) is 23.5.